The maximum Gasteiger partial charge on any atom is 0.229 e. The number of phenolic OH excluding ortho intramolecular Hbond substituents is 1. The topological polar surface area (TPSA) is 70.1 Å². The number of anilines is 4. The summed E-state index contributed by atoms with van der Waals surface area (Å²) in [4.78, 5) is 9.27. The lowest BCUT2D eigenvalue weighted by atomic mass is 10.2. The largest absolute Gasteiger partial charge is 0.508 e. The van der Waals surface area contributed by atoms with Gasteiger partial charge in [-0.3, -0.25) is 0 Å². The summed E-state index contributed by atoms with van der Waals surface area (Å²) < 4.78 is 0. The minimum atomic E-state index is 0.179. The van der Waals surface area contributed by atoms with Gasteiger partial charge in [-0.25, -0.2) is 4.98 Å². The van der Waals surface area contributed by atoms with Crippen molar-refractivity contribution < 1.29 is 5.11 Å². The normalized spacial score (nSPS) is 10.7. The molecular weight excluding hydrogens is 336 g/mol. The van der Waals surface area contributed by atoms with E-state index in [-0.39, 0.29) is 5.75 Å². The van der Waals surface area contributed by atoms with Crippen LogP contribution >= 0.6 is 0 Å². The van der Waals surface area contributed by atoms with Crippen molar-refractivity contribution in [3.8, 4) is 5.75 Å². The molecule has 0 saturated carbocycles. The molecule has 0 amide bonds. The molecule has 0 aliphatic carbocycles. The molecule has 0 radical (unpaired) electrons. The molecule has 0 spiro atoms. The molecule has 3 N–H and O–H groups in total. The first kappa shape index (κ1) is 16.8. The molecule has 0 atom stereocenters. The lowest BCUT2D eigenvalue weighted by Gasteiger charge is -2.14. The molecule has 0 aliphatic heterocycles. The third kappa shape index (κ3) is 3.53. The second-order valence-corrected chi connectivity index (χ2v) is 6.48. The first-order valence-corrected chi connectivity index (χ1v) is 8.76. The number of phenols is 1. The minimum Gasteiger partial charge on any atom is -0.508 e. The molecule has 0 aliphatic rings. The molecule has 0 unspecified atom stereocenters. The van der Waals surface area contributed by atoms with Gasteiger partial charge in [0, 0.05) is 16.8 Å². The number of fused-ring (bicyclic) bond motifs is 1. The van der Waals surface area contributed by atoms with Gasteiger partial charge in [0.15, 0.2) is 0 Å². The summed E-state index contributed by atoms with van der Waals surface area (Å²) in [5, 5.41) is 17.4. The SMILES string of the molecule is Cc1ccccc1Nc1nc(Nc2ccccc2C)c2cc(O)ccc2n1. The van der Waals surface area contributed by atoms with E-state index >= 15 is 0 Å². The van der Waals surface area contributed by atoms with Crippen molar-refractivity contribution in [3.63, 3.8) is 0 Å². The van der Waals surface area contributed by atoms with Crippen molar-refractivity contribution in [2.75, 3.05) is 10.6 Å². The standard InChI is InChI=1S/C22H20N4O/c1-14-7-3-5-9-18(14)23-21-17-13-16(27)11-12-20(17)25-22(26-21)24-19-10-6-4-8-15(19)2/h3-13,27H,1-2H3,(H2,23,24,25,26). The van der Waals surface area contributed by atoms with E-state index in [1.54, 1.807) is 18.2 Å². The zero-order chi connectivity index (χ0) is 18.8. The molecule has 27 heavy (non-hydrogen) atoms. The van der Waals surface area contributed by atoms with Crippen LogP contribution in [0.3, 0.4) is 0 Å². The van der Waals surface area contributed by atoms with Crippen molar-refractivity contribution in [1.82, 2.24) is 9.97 Å². The first-order chi connectivity index (χ1) is 13.1. The number of nitrogens with one attached hydrogen (secondary N) is 2. The fourth-order valence-corrected chi connectivity index (χ4v) is 2.94. The van der Waals surface area contributed by atoms with Crippen molar-refractivity contribution in [1.29, 1.82) is 0 Å². The highest BCUT2D eigenvalue weighted by molar-refractivity contribution is 5.93. The van der Waals surface area contributed by atoms with E-state index in [0.717, 1.165) is 33.4 Å². The Morgan fingerprint density at radius 3 is 2.04 bits per heavy atom. The minimum absolute atomic E-state index is 0.179. The maximum absolute atomic E-state index is 9.92. The average molecular weight is 356 g/mol. The Balaban J connectivity index is 1.81. The van der Waals surface area contributed by atoms with Crippen LogP contribution in [-0.2, 0) is 0 Å². The predicted molar refractivity (Wildman–Crippen MR) is 110 cm³/mol. The summed E-state index contributed by atoms with van der Waals surface area (Å²) in [6, 6.07) is 21.1. The van der Waals surface area contributed by atoms with Gasteiger partial charge in [-0.2, -0.15) is 4.98 Å². The highest BCUT2D eigenvalue weighted by Crippen LogP contribution is 2.30. The van der Waals surface area contributed by atoms with E-state index in [4.69, 9.17) is 0 Å². The Labute approximate surface area is 157 Å². The first-order valence-electron chi connectivity index (χ1n) is 8.76. The van der Waals surface area contributed by atoms with Gasteiger partial charge in [0.25, 0.3) is 0 Å². The number of rotatable bonds is 4. The number of para-hydroxylation sites is 2. The van der Waals surface area contributed by atoms with Crippen LogP contribution in [0.2, 0.25) is 0 Å². The van der Waals surface area contributed by atoms with Gasteiger partial charge >= 0.3 is 0 Å². The quantitative estimate of drug-likeness (QED) is 0.454. The van der Waals surface area contributed by atoms with Gasteiger partial charge in [-0.1, -0.05) is 36.4 Å². The Morgan fingerprint density at radius 1 is 0.741 bits per heavy atom. The number of hydrogen-bond donors (Lipinski definition) is 3. The molecule has 1 aromatic heterocycles. The van der Waals surface area contributed by atoms with Gasteiger partial charge in [0.1, 0.15) is 11.6 Å². The highest BCUT2D eigenvalue weighted by atomic mass is 16.3. The van der Waals surface area contributed by atoms with Crippen LogP contribution < -0.4 is 10.6 Å². The van der Waals surface area contributed by atoms with Crippen molar-refractivity contribution >= 4 is 34.0 Å². The zero-order valence-corrected chi connectivity index (χ0v) is 15.2. The average Bonchev–Trinajstić information content (AvgIpc) is 2.66. The van der Waals surface area contributed by atoms with Crippen LogP contribution in [0.5, 0.6) is 5.75 Å². The van der Waals surface area contributed by atoms with E-state index < -0.39 is 0 Å². The Hall–Kier alpha value is -3.60. The van der Waals surface area contributed by atoms with Crippen molar-refractivity contribution in [2.45, 2.75) is 13.8 Å². The second kappa shape index (κ2) is 6.96. The maximum atomic E-state index is 9.92. The number of aromatic hydroxyl groups is 1. The number of nitrogens with zero attached hydrogens (tertiary/aromatic N) is 2. The lowest BCUT2D eigenvalue weighted by molar-refractivity contribution is 0.476. The number of benzene rings is 3. The summed E-state index contributed by atoms with van der Waals surface area (Å²) in [7, 11) is 0. The van der Waals surface area contributed by atoms with Crippen LogP contribution in [0.25, 0.3) is 10.9 Å². The summed E-state index contributed by atoms with van der Waals surface area (Å²) >= 11 is 0. The van der Waals surface area contributed by atoms with Gasteiger partial charge in [-0.15, -0.1) is 0 Å². The zero-order valence-electron chi connectivity index (χ0n) is 15.2. The molecule has 0 saturated heterocycles. The summed E-state index contributed by atoms with van der Waals surface area (Å²) in [5.41, 5.74) is 4.88. The summed E-state index contributed by atoms with van der Waals surface area (Å²) in [5.74, 6) is 1.32. The van der Waals surface area contributed by atoms with Gasteiger partial charge in [-0.05, 0) is 55.3 Å². The molecule has 5 heteroatoms. The predicted octanol–water partition coefficient (Wildman–Crippen LogP) is 5.44. The molecule has 5 nitrogen and oxygen atoms in total. The molecule has 0 bridgehead atoms. The second-order valence-electron chi connectivity index (χ2n) is 6.48. The molecular formula is C22H20N4O. The van der Waals surface area contributed by atoms with Crippen LogP contribution in [0.1, 0.15) is 11.1 Å². The smallest absolute Gasteiger partial charge is 0.229 e. The number of aryl methyl sites for hydroxylation is 2. The molecule has 0 fully saturated rings. The van der Waals surface area contributed by atoms with E-state index in [1.165, 1.54) is 0 Å². The van der Waals surface area contributed by atoms with Gasteiger partial charge in [0.2, 0.25) is 5.95 Å². The fraction of sp³-hybridized carbons (Fsp3) is 0.0909. The van der Waals surface area contributed by atoms with E-state index in [1.807, 2.05) is 62.4 Å². The van der Waals surface area contributed by atoms with Crippen LogP contribution in [0.15, 0.2) is 66.7 Å². The number of hydrogen-bond acceptors (Lipinski definition) is 5. The van der Waals surface area contributed by atoms with Gasteiger partial charge < -0.3 is 15.7 Å². The molecule has 134 valence electrons. The third-order valence-electron chi connectivity index (χ3n) is 4.47. The van der Waals surface area contributed by atoms with E-state index in [2.05, 4.69) is 20.6 Å². The summed E-state index contributed by atoms with van der Waals surface area (Å²) in [6.07, 6.45) is 0. The lowest BCUT2D eigenvalue weighted by Crippen LogP contribution is -2.03. The Kier molecular flexibility index (Phi) is 4.34. The summed E-state index contributed by atoms with van der Waals surface area (Å²) in [6.45, 7) is 4.07. The van der Waals surface area contributed by atoms with E-state index in [9.17, 15) is 5.11 Å². The Bertz CT molecular complexity index is 1120. The molecule has 1 heterocycles. The highest BCUT2D eigenvalue weighted by Gasteiger charge is 2.11. The third-order valence-corrected chi connectivity index (χ3v) is 4.47. The molecule has 4 aromatic rings. The van der Waals surface area contributed by atoms with Crippen LogP contribution in [0.4, 0.5) is 23.1 Å². The molecule has 3 aromatic carbocycles. The van der Waals surface area contributed by atoms with Gasteiger partial charge in [0.05, 0.1) is 5.52 Å². The van der Waals surface area contributed by atoms with E-state index in [0.29, 0.717) is 11.8 Å². The van der Waals surface area contributed by atoms with Crippen molar-refractivity contribution in [2.24, 2.45) is 0 Å². The Morgan fingerprint density at radius 2 is 1.37 bits per heavy atom. The number of aromatic nitrogens is 2. The molecule has 4 rings (SSSR count). The van der Waals surface area contributed by atoms with Crippen molar-refractivity contribution in [3.05, 3.63) is 77.9 Å². The fourth-order valence-electron chi connectivity index (χ4n) is 2.94. The van der Waals surface area contributed by atoms with Crippen LogP contribution in [-0.4, -0.2) is 15.1 Å². The monoisotopic (exact) mass is 356 g/mol. The van der Waals surface area contributed by atoms with Crippen LogP contribution in [0, 0.1) is 13.8 Å².